The highest BCUT2D eigenvalue weighted by molar-refractivity contribution is 8.18. The van der Waals surface area contributed by atoms with Crippen LogP contribution in [0.5, 0.6) is 0 Å². The summed E-state index contributed by atoms with van der Waals surface area (Å²) in [5, 5.41) is 8.92. The third-order valence-electron chi connectivity index (χ3n) is 6.40. The van der Waals surface area contributed by atoms with Crippen LogP contribution in [0.25, 0.3) is 17.2 Å². The first-order valence-corrected chi connectivity index (χ1v) is 12.8. The number of imide groups is 1. The van der Waals surface area contributed by atoms with Crippen molar-refractivity contribution in [2.45, 2.75) is 44.3 Å². The summed E-state index contributed by atoms with van der Waals surface area (Å²) in [6, 6.07) is 17.2. The number of nitrogens with zero attached hydrogens (tertiary/aromatic N) is 2. The van der Waals surface area contributed by atoms with E-state index in [9.17, 15) is 14.0 Å². The number of halogens is 1. The number of amides is 2. The fourth-order valence-corrected chi connectivity index (χ4v) is 5.21. The van der Waals surface area contributed by atoms with Crippen LogP contribution in [0, 0.1) is 5.82 Å². The number of carbonyl (C=O) groups excluding carboxylic acids is 2. The molecule has 9 heteroatoms. The summed E-state index contributed by atoms with van der Waals surface area (Å²) in [5.74, 6) is -0.125. The molecule has 3 aromatic rings. The molecule has 1 saturated carbocycles. The Labute approximate surface area is 213 Å². The van der Waals surface area contributed by atoms with E-state index >= 15 is 0 Å². The van der Waals surface area contributed by atoms with Gasteiger partial charge in [-0.1, -0.05) is 36.4 Å². The van der Waals surface area contributed by atoms with Crippen molar-refractivity contribution in [3.8, 4) is 11.1 Å². The zero-order valence-electron chi connectivity index (χ0n) is 19.5. The van der Waals surface area contributed by atoms with E-state index in [4.69, 9.17) is 0 Å². The van der Waals surface area contributed by atoms with Crippen LogP contribution in [-0.4, -0.2) is 33.2 Å². The van der Waals surface area contributed by atoms with Crippen molar-refractivity contribution in [3.05, 3.63) is 82.8 Å². The minimum atomic E-state index is -0.402. The predicted molar refractivity (Wildman–Crippen MR) is 139 cm³/mol. The lowest BCUT2D eigenvalue weighted by Crippen LogP contribution is -2.37. The normalized spacial score (nSPS) is 21.0. The van der Waals surface area contributed by atoms with Crippen LogP contribution in [-0.2, 0) is 11.3 Å². The van der Waals surface area contributed by atoms with E-state index in [2.05, 4.69) is 25.9 Å². The van der Waals surface area contributed by atoms with Gasteiger partial charge in [-0.3, -0.25) is 14.9 Å². The van der Waals surface area contributed by atoms with Gasteiger partial charge in [0.1, 0.15) is 5.82 Å². The van der Waals surface area contributed by atoms with Crippen molar-refractivity contribution in [3.63, 3.8) is 0 Å². The first-order valence-electron chi connectivity index (χ1n) is 12.0. The highest BCUT2D eigenvalue weighted by Gasteiger charge is 2.25. The summed E-state index contributed by atoms with van der Waals surface area (Å²) in [5.41, 5.74) is 3.59. The molecule has 2 aromatic carbocycles. The second-order valence-corrected chi connectivity index (χ2v) is 9.91. The van der Waals surface area contributed by atoms with E-state index in [1.807, 2.05) is 36.4 Å². The van der Waals surface area contributed by atoms with Gasteiger partial charge < -0.3 is 10.6 Å². The number of hydrogen-bond acceptors (Lipinski definition) is 7. The lowest BCUT2D eigenvalue weighted by atomic mass is 9.91. The largest absolute Gasteiger partial charge is 0.351 e. The van der Waals surface area contributed by atoms with Crippen molar-refractivity contribution in [2.24, 2.45) is 0 Å². The fraction of sp³-hybridized carbons (Fsp3) is 0.259. The van der Waals surface area contributed by atoms with Gasteiger partial charge >= 0.3 is 0 Å². The van der Waals surface area contributed by atoms with Crippen molar-refractivity contribution in [1.82, 2.24) is 20.6 Å². The second-order valence-electron chi connectivity index (χ2n) is 8.90. The maximum atomic E-state index is 13.9. The third-order valence-corrected chi connectivity index (χ3v) is 7.21. The Hall–Kier alpha value is -3.56. The third kappa shape index (κ3) is 5.98. The molecule has 2 fully saturated rings. The van der Waals surface area contributed by atoms with E-state index in [0.29, 0.717) is 29.1 Å². The Morgan fingerprint density at radius 2 is 1.81 bits per heavy atom. The van der Waals surface area contributed by atoms with Crippen LogP contribution in [0.3, 0.4) is 0 Å². The molecule has 7 nitrogen and oxygen atoms in total. The molecule has 36 heavy (non-hydrogen) atoms. The lowest BCUT2D eigenvalue weighted by Gasteiger charge is -2.30. The smallest absolute Gasteiger partial charge is 0.290 e. The van der Waals surface area contributed by atoms with Gasteiger partial charge in [-0.2, -0.15) is 0 Å². The molecule has 2 heterocycles. The topological polar surface area (TPSA) is 96.0 Å². The second kappa shape index (κ2) is 11.0. The molecule has 0 atom stereocenters. The van der Waals surface area contributed by atoms with Crippen LogP contribution in [0.4, 0.5) is 15.1 Å². The fourth-order valence-electron chi connectivity index (χ4n) is 4.55. The predicted octanol–water partition coefficient (Wildman–Crippen LogP) is 5.12. The highest BCUT2D eigenvalue weighted by Crippen LogP contribution is 2.27. The Morgan fingerprint density at radius 1 is 1.03 bits per heavy atom. The SMILES string of the molecule is O=C1NC(=O)C(=Cc2ccnc(NC3CCC(NCc4ccc(F)cc4-c4ccccc4)CC3)n2)S1. The summed E-state index contributed by atoms with van der Waals surface area (Å²) < 4.78 is 13.9. The van der Waals surface area contributed by atoms with Gasteiger partial charge in [0.05, 0.1) is 10.6 Å². The van der Waals surface area contributed by atoms with Gasteiger partial charge in [0, 0.05) is 24.8 Å². The van der Waals surface area contributed by atoms with Crippen LogP contribution in [0.15, 0.2) is 65.7 Å². The summed E-state index contributed by atoms with van der Waals surface area (Å²) in [7, 11) is 0. The molecule has 1 aliphatic carbocycles. The molecular weight excluding hydrogens is 477 g/mol. The number of rotatable bonds is 7. The first-order chi connectivity index (χ1) is 17.5. The van der Waals surface area contributed by atoms with Crippen molar-refractivity contribution in [1.29, 1.82) is 0 Å². The van der Waals surface area contributed by atoms with Crippen molar-refractivity contribution >= 4 is 34.9 Å². The van der Waals surface area contributed by atoms with Gasteiger partial charge in [0.15, 0.2) is 0 Å². The maximum absolute atomic E-state index is 13.9. The van der Waals surface area contributed by atoms with Crippen LogP contribution < -0.4 is 16.0 Å². The first kappa shape index (κ1) is 24.1. The van der Waals surface area contributed by atoms with Gasteiger partial charge in [-0.25, -0.2) is 14.4 Å². The zero-order chi connectivity index (χ0) is 24.9. The van der Waals surface area contributed by atoms with E-state index in [0.717, 1.165) is 54.1 Å². The van der Waals surface area contributed by atoms with Crippen molar-refractivity contribution < 1.29 is 14.0 Å². The molecule has 5 rings (SSSR count). The van der Waals surface area contributed by atoms with E-state index < -0.39 is 5.91 Å². The molecule has 1 aromatic heterocycles. The van der Waals surface area contributed by atoms with Crippen LogP contribution in [0.2, 0.25) is 0 Å². The summed E-state index contributed by atoms with van der Waals surface area (Å²) >= 11 is 0.869. The van der Waals surface area contributed by atoms with Crippen molar-refractivity contribution in [2.75, 3.05) is 5.32 Å². The lowest BCUT2D eigenvalue weighted by molar-refractivity contribution is -0.115. The quantitative estimate of drug-likeness (QED) is 0.385. The number of anilines is 1. The standard InChI is InChI=1S/C27H26FN5O2S/c28-19-7-6-18(23(14-19)17-4-2-1-3-5-17)16-30-20-8-10-21(11-9-20)31-26-29-13-12-22(32-26)15-24-25(34)33-27(35)36-24/h1-7,12-15,20-21,30H,8-11,16H2,(H,29,31,32)(H,33,34,35). The molecular formula is C27H26FN5O2S. The number of nitrogens with one attached hydrogen (secondary N) is 3. The minimum Gasteiger partial charge on any atom is -0.351 e. The van der Waals surface area contributed by atoms with E-state index in [-0.39, 0.29) is 17.1 Å². The molecule has 184 valence electrons. The monoisotopic (exact) mass is 503 g/mol. The van der Waals surface area contributed by atoms with Gasteiger partial charge in [-0.05, 0) is 78.4 Å². The average Bonchev–Trinajstić information content (AvgIpc) is 3.21. The Bertz CT molecular complexity index is 1290. The molecule has 0 bridgehead atoms. The highest BCUT2D eigenvalue weighted by atomic mass is 32.2. The number of hydrogen-bond donors (Lipinski definition) is 3. The summed E-state index contributed by atoms with van der Waals surface area (Å²) in [6.45, 7) is 0.682. The van der Waals surface area contributed by atoms with Gasteiger partial charge in [-0.15, -0.1) is 0 Å². The Kier molecular flexibility index (Phi) is 7.39. The number of carbonyl (C=O) groups is 2. The maximum Gasteiger partial charge on any atom is 0.290 e. The summed E-state index contributed by atoms with van der Waals surface area (Å²) in [4.78, 5) is 32.2. The zero-order valence-corrected chi connectivity index (χ0v) is 20.4. The van der Waals surface area contributed by atoms with E-state index in [1.54, 1.807) is 24.4 Å². The molecule has 2 aliphatic rings. The molecule has 0 radical (unpaired) electrons. The molecule has 1 aliphatic heterocycles. The van der Waals surface area contributed by atoms with Crippen LogP contribution in [0.1, 0.15) is 36.9 Å². The number of thioether (sulfide) groups is 1. The number of benzene rings is 2. The summed E-state index contributed by atoms with van der Waals surface area (Å²) in [6.07, 6.45) is 7.17. The van der Waals surface area contributed by atoms with Gasteiger partial charge in [0.25, 0.3) is 11.1 Å². The Morgan fingerprint density at radius 3 is 2.56 bits per heavy atom. The number of aromatic nitrogens is 2. The molecule has 0 unspecified atom stereocenters. The molecule has 1 saturated heterocycles. The molecule has 0 spiro atoms. The molecule has 2 amide bonds. The minimum absolute atomic E-state index is 0.231. The van der Waals surface area contributed by atoms with E-state index in [1.165, 1.54) is 6.07 Å². The Balaban J connectivity index is 1.15. The van der Waals surface area contributed by atoms with Gasteiger partial charge in [0.2, 0.25) is 5.95 Å². The molecule has 3 N–H and O–H groups in total. The van der Waals surface area contributed by atoms with Crippen LogP contribution >= 0.6 is 11.8 Å². The average molecular weight is 504 g/mol.